The third kappa shape index (κ3) is 3.18. The van der Waals surface area contributed by atoms with Crippen molar-refractivity contribution in [3.63, 3.8) is 0 Å². The molecule has 0 bridgehead atoms. The van der Waals surface area contributed by atoms with E-state index < -0.39 is 11.9 Å². The Hall–Kier alpha value is -2.63. The van der Waals surface area contributed by atoms with Crippen LogP contribution in [0.25, 0.3) is 0 Å². The van der Waals surface area contributed by atoms with Crippen molar-refractivity contribution in [3.8, 4) is 0 Å². The van der Waals surface area contributed by atoms with Gasteiger partial charge in [0.2, 0.25) is 0 Å². The molecular formula is C18H20FNO4. The molecule has 5 nitrogen and oxygen atoms in total. The van der Waals surface area contributed by atoms with Crippen LogP contribution in [0, 0.1) is 5.82 Å². The maximum absolute atomic E-state index is 13.3. The lowest BCUT2D eigenvalue weighted by molar-refractivity contribution is -0.136. The van der Waals surface area contributed by atoms with Crippen molar-refractivity contribution in [3.05, 3.63) is 58.2 Å². The molecule has 1 aromatic carbocycles. The molecule has 6 heteroatoms. The third-order valence-corrected chi connectivity index (χ3v) is 4.41. The van der Waals surface area contributed by atoms with Crippen molar-refractivity contribution >= 4 is 12.4 Å². The van der Waals surface area contributed by atoms with Gasteiger partial charge in [-0.1, -0.05) is 12.1 Å². The molecule has 0 N–H and O–H groups in total. The molecular weight excluding hydrogens is 313 g/mol. The van der Waals surface area contributed by atoms with Crippen LogP contribution < -0.4 is 0 Å². The minimum atomic E-state index is -0.468. The van der Waals surface area contributed by atoms with Crippen molar-refractivity contribution in [1.82, 2.24) is 4.90 Å². The topological polar surface area (TPSA) is 55.8 Å². The number of ether oxygens (including phenoxy) is 2. The number of rotatable bonds is 5. The highest BCUT2D eigenvalue weighted by Crippen LogP contribution is 2.41. The molecule has 0 spiro atoms. The van der Waals surface area contributed by atoms with E-state index in [0.29, 0.717) is 12.0 Å². The van der Waals surface area contributed by atoms with Crippen LogP contribution in [0.15, 0.2) is 46.8 Å². The molecule has 0 saturated heterocycles. The monoisotopic (exact) mass is 333 g/mol. The van der Waals surface area contributed by atoms with Gasteiger partial charge in [-0.05, 0) is 37.1 Å². The number of esters is 1. The van der Waals surface area contributed by atoms with Gasteiger partial charge in [-0.15, -0.1) is 0 Å². The minimum Gasteiger partial charge on any atom is -0.466 e. The molecule has 1 aliphatic heterocycles. The molecule has 1 aliphatic rings. The number of allylic oxidation sites excluding steroid dienone is 2. The fourth-order valence-corrected chi connectivity index (χ4v) is 2.95. The quantitative estimate of drug-likeness (QED) is 0.613. The Bertz CT molecular complexity index is 706. The number of methoxy groups -OCH3 is 1. The largest absolute Gasteiger partial charge is 0.466 e. The molecule has 1 atom stereocenters. The van der Waals surface area contributed by atoms with Crippen molar-refractivity contribution < 1.29 is 23.5 Å². The summed E-state index contributed by atoms with van der Waals surface area (Å²) in [5.74, 6) is -1.29. The average molecular weight is 333 g/mol. The molecule has 0 radical (unpaired) electrons. The van der Waals surface area contributed by atoms with E-state index >= 15 is 0 Å². The van der Waals surface area contributed by atoms with Gasteiger partial charge in [0, 0.05) is 24.4 Å². The Labute approximate surface area is 140 Å². The van der Waals surface area contributed by atoms with Crippen LogP contribution in [-0.4, -0.2) is 38.1 Å². The first-order valence-electron chi connectivity index (χ1n) is 7.45. The summed E-state index contributed by atoms with van der Waals surface area (Å²) in [6, 6.07) is 5.92. The number of hydrogen-bond donors (Lipinski definition) is 0. The van der Waals surface area contributed by atoms with Crippen LogP contribution in [0.5, 0.6) is 0 Å². The third-order valence-electron chi connectivity index (χ3n) is 4.41. The molecule has 0 amide bonds. The lowest BCUT2D eigenvalue weighted by atomic mass is 9.80. The van der Waals surface area contributed by atoms with E-state index in [2.05, 4.69) is 0 Å². The van der Waals surface area contributed by atoms with E-state index in [9.17, 15) is 14.0 Å². The van der Waals surface area contributed by atoms with Crippen molar-refractivity contribution in [2.45, 2.75) is 19.8 Å². The highest BCUT2D eigenvalue weighted by atomic mass is 19.1. The molecule has 1 aromatic rings. The van der Waals surface area contributed by atoms with Crippen LogP contribution in [0.1, 0.15) is 25.3 Å². The van der Waals surface area contributed by atoms with Crippen molar-refractivity contribution in [2.24, 2.45) is 0 Å². The normalized spacial score (nSPS) is 17.9. The maximum atomic E-state index is 13.3. The summed E-state index contributed by atoms with van der Waals surface area (Å²) in [5.41, 5.74) is 3.54. The summed E-state index contributed by atoms with van der Waals surface area (Å²) in [5, 5.41) is 0. The summed E-state index contributed by atoms with van der Waals surface area (Å²) in [6.45, 7) is 4.11. The van der Waals surface area contributed by atoms with Crippen LogP contribution in [0.2, 0.25) is 0 Å². The predicted molar refractivity (Wildman–Crippen MR) is 86.3 cm³/mol. The summed E-state index contributed by atoms with van der Waals surface area (Å²) in [7, 11) is 3.15. The Kier molecular flexibility index (Phi) is 5.39. The average Bonchev–Trinajstić information content (AvgIpc) is 2.59. The molecule has 24 heavy (non-hydrogen) atoms. The second-order valence-corrected chi connectivity index (χ2v) is 5.55. The van der Waals surface area contributed by atoms with E-state index in [-0.39, 0.29) is 12.4 Å². The van der Waals surface area contributed by atoms with E-state index in [0.717, 1.165) is 22.5 Å². The molecule has 2 rings (SSSR count). The second-order valence-electron chi connectivity index (χ2n) is 5.55. The molecule has 1 unspecified atom stereocenters. The number of carbonyl (C=O) groups is 2. The van der Waals surface area contributed by atoms with Gasteiger partial charge in [0.15, 0.2) is 0 Å². The number of halogens is 1. The first-order chi connectivity index (χ1) is 11.4. The van der Waals surface area contributed by atoms with Crippen LogP contribution in [0.4, 0.5) is 4.39 Å². The number of hydrogen-bond acceptors (Lipinski definition) is 5. The zero-order chi connectivity index (χ0) is 17.9. The van der Waals surface area contributed by atoms with Gasteiger partial charge in [0.1, 0.15) is 12.4 Å². The Morgan fingerprint density at radius 1 is 1.25 bits per heavy atom. The molecule has 0 aromatic heterocycles. The van der Waals surface area contributed by atoms with Gasteiger partial charge in [-0.3, -0.25) is 4.79 Å². The molecule has 0 aliphatic carbocycles. The Morgan fingerprint density at radius 3 is 2.42 bits per heavy atom. The zero-order valence-electron chi connectivity index (χ0n) is 14.1. The van der Waals surface area contributed by atoms with E-state index in [1.807, 2.05) is 25.8 Å². The Morgan fingerprint density at radius 2 is 1.88 bits per heavy atom. The van der Waals surface area contributed by atoms with Gasteiger partial charge < -0.3 is 14.4 Å². The summed E-state index contributed by atoms with van der Waals surface area (Å²) < 4.78 is 23.2. The highest BCUT2D eigenvalue weighted by molar-refractivity contribution is 5.92. The SMILES string of the molecule is COC(=O)C1=C(C)N(C)C(C)=C(COC=O)C1c1ccc(F)cc1. The summed E-state index contributed by atoms with van der Waals surface area (Å²) >= 11 is 0. The number of carbonyl (C=O) groups excluding carboxylic acids is 2. The summed E-state index contributed by atoms with van der Waals surface area (Å²) in [4.78, 5) is 24.9. The lowest BCUT2D eigenvalue weighted by Gasteiger charge is -2.36. The van der Waals surface area contributed by atoms with Crippen molar-refractivity contribution in [1.29, 1.82) is 0 Å². The van der Waals surface area contributed by atoms with Crippen molar-refractivity contribution in [2.75, 3.05) is 20.8 Å². The fourth-order valence-electron chi connectivity index (χ4n) is 2.95. The van der Waals surface area contributed by atoms with Crippen LogP contribution >= 0.6 is 0 Å². The van der Waals surface area contributed by atoms with Gasteiger partial charge in [0.05, 0.1) is 12.7 Å². The standard InChI is InChI=1S/C18H20FNO4/c1-11-15(9-24-10-21)17(13-5-7-14(19)8-6-13)16(18(22)23-4)12(2)20(11)3/h5-8,10,17H,9H2,1-4H3. The van der Waals surface area contributed by atoms with Gasteiger partial charge in [0.25, 0.3) is 6.47 Å². The maximum Gasteiger partial charge on any atom is 0.336 e. The number of benzene rings is 1. The zero-order valence-corrected chi connectivity index (χ0v) is 14.1. The highest BCUT2D eigenvalue weighted by Gasteiger charge is 2.35. The fraction of sp³-hybridized carbons (Fsp3) is 0.333. The summed E-state index contributed by atoms with van der Waals surface area (Å²) in [6.07, 6.45) is 0. The second kappa shape index (κ2) is 7.29. The lowest BCUT2D eigenvalue weighted by Crippen LogP contribution is -2.31. The molecule has 128 valence electrons. The van der Waals surface area contributed by atoms with Gasteiger partial charge in [-0.25, -0.2) is 9.18 Å². The predicted octanol–water partition coefficient (Wildman–Crippen LogP) is 2.75. The molecule has 0 fully saturated rings. The molecule has 0 saturated carbocycles. The van der Waals surface area contributed by atoms with E-state index in [1.165, 1.54) is 19.2 Å². The number of nitrogens with zero attached hydrogens (tertiary/aromatic N) is 1. The first-order valence-corrected chi connectivity index (χ1v) is 7.45. The van der Waals surface area contributed by atoms with Crippen LogP contribution in [0.3, 0.4) is 0 Å². The first kappa shape index (κ1) is 17.7. The van der Waals surface area contributed by atoms with E-state index in [4.69, 9.17) is 9.47 Å². The molecule has 1 heterocycles. The van der Waals surface area contributed by atoms with Gasteiger partial charge >= 0.3 is 5.97 Å². The Balaban J connectivity index is 2.64. The smallest absolute Gasteiger partial charge is 0.336 e. The minimum absolute atomic E-state index is 0.0372. The van der Waals surface area contributed by atoms with Gasteiger partial charge in [-0.2, -0.15) is 0 Å². The van der Waals surface area contributed by atoms with Crippen LogP contribution in [-0.2, 0) is 19.1 Å². The van der Waals surface area contributed by atoms with E-state index in [1.54, 1.807) is 12.1 Å².